The maximum atomic E-state index is 12.6. The lowest BCUT2D eigenvalue weighted by atomic mass is 9.96. The predicted octanol–water partition coefficient (Wildman–Crippen LogP) is 1.66. The number of nitrogens with zero attached hydrogens (tertiary/aromatic N) is 1. The minimum atomic E-state index is -1.11. The van der Waals surface area contributed by atoms with E-state index in [0.717, 1.165) is 12.7 Å². The van der Waals surface area contributed by atoms with Crippen LogP contribution in [0.25, 0.3) is 0 Å². The second-order valence-corrected chi connectivity index (χ2v) is 6.44. The highest BCUT2D eigenvalue weighted by atomic mass is 16.6. The largest absolute Gasteiger partial charge is 0.453 e. The number of amides is 3. The van der Waals surface area contributed by atoms with Crippen LogP contribution in [0.1, 0.15) is 35.7 Å². The van der Waals surface area contributed by atoms with Gasteiger partial charge in [0.05, 0.1) is 13.0 Å². The summed E-state index contributed by atoms with van der Waals surface area (Å²) >= 11 is 0. The van der Waals surface area contributed by atoms with E-state index in [-0.39, 0.29) is 11.8 Å². The van der Waals surface area contributed by atoms with Crippen molar-refractivity contribution in [3.63, 3.8) is 0 Å². The predicted molar refractivity (Wildman–Crippen MR) is 95.9 cm³/mol. The van der Waals surface area contributed by atoms with Crippen molar-refractivity contribution in [1.29, 1.82) is 0 Å². The van der Waals surface area contributed by atoms with Crippen LogP contribution in [0.5, 0.6) is 0 Å². The van der Waals surface area contributed by atoms with E-state index in [1.54, 1.807) is 11.0 Å². The Bertz CT molecular complexity index is 725. The molecule has 0 aromatic heterocycles. The summed E-state index contributed by atoms with van der Waals surface area (Å²) in [5, 5.41) is 1.95. The van der Waals surface area contributed by atoms with Crippen LogP contribution < -0.4 is 5.32 Å². The molecule has 0 bridgehead atoms. The molecule has 0 radical (unpaired) electrons. The van der Waals surface area contributed by atoms with E-state index < -0.39 is 24.1 Å². The summed E-state index contributed by atoms with van der Waals surface area (Å²) in [6, 6.07) is 7.38. The number of esters is 1. The molecule has 1 N–H and O–H groups in total. The number of hydrogen-bond acceptors (Lipinski definition) is 6. The number of nitrogens with one attached hydrogen (secondary N) is 1. The number of methoxy groups -OCH3 is 1. The van der Waals surface area contributed by atoms with Crippen molar-refractivity contribution in [1.82, 2.24) is 10.2 Å². The third-order valence-corrected chi connectivity index (χ3v) is 4.56. The van der Waals surface area contributed by atoms with Gasteiger partial charge in [-0.25, -0.2) is 4.79 Å². The average molecular weight is 376 g/mol. The van der Waals surface area contributed by atoms with Gasteiger partial charge < -0.3 is 14.4 Å². The number of imide groups is 1. The van der Waals surface area contributed by atoms with Gasteiger partial charge >= 0.3 is 12.1 Å². The van der Waals surface area contributed by atoms with Crippen molar-refractivity contribution in [2.24, 2.45) is 5.92 Å². The molecular weight excluding hydrogens is 352 g/mol. The highest BCUT2D eigenvalue weighted by Gasteiger charge is 2.31. The summed E-state index contributed by atoms with van der Waals surface area (Å²) in [6.07, 6.45) is -1.10. The zero-order valence-corrected chi connectivity index (χ0v) is 15.7. The van der Waals surface area contributed by atoms with Crippen LogP contribution in [0.2, 0.25) is 0 Å². The van der Waals surface area contributed by atoms with Crippen molar-refractivity contribution in [2.45, 2.75) is 32.8 Å². The average Bonchev–Trinajstić information content (AvgIpc) is 2.67. The van der Waals surface area contributed by atoms with E-state index >= 15 is 0 Å². The Morgan fingerprint density at radius 3 is 2.37 bits per heavy atom. The summed E-state index contributed by atoms with van der Waals surface area (Å²) in [5.41, 5.74) is 1.57. The maximum absolute atomic E-state index is 12.6. The number of piperidine rings is 1. The summed E-state index contributed by atoms with van der Waals surface area (Å²) in [6.45, 7) is 4.15. The quantitative estimate of drug-likeness (QED) is 0.802. The summed E-state index contributed by atoms with van der Waals surface area (Å²) < 4.78 is 9.46. The number of rotatable bonds is 4. The van der Waals surface area contributed by atoms with Crippen LogP contribution in [-0.4, -0.2) is 55.1 Å². The third kappa shape index (κ3) is 5.29. The number of hydrogen-bond donors (Lipinski definition) is 1. The summed E-state index contributed by atoms with van der Waals surface area (Å²) in [7, 11) is 1.13. The van der Waals surface area contributed by atoms with E-state index in [0.29, 0.717) is 31.5 Å². The Kier molecular flexibility index (Phi) is 6.92. The van der Waals surface area contributed by atoms with Gasteiger partial charge in [0, 0.05) is 18.7 Å². The van der Waals surface area contributed by atoms with Crippen molar-refractivity contribution >= 4 is 23.9 Å². The summed E-state index contributed by atoms with van der Waals surface area (Å²) in [5.74, 6) is -1.70. The molecule has 1 aromatic carbocycles. The zero-order valence-electron chi connectivity index (χ0n) is 15.7. The van der Waals surface area contributed by atoms with Crippen LogP contribution in [0.15, 0.2) is 24.3 Å². The molecule has 146 valence electrons. The topological polar surface area (TPSA) is 102 Å². The van der Waals surface area contributed by atoms with Gasteiger partial charge in [-0.1, -0.05) is 18.2 Å². The molecule has 1 aliphatic heterocycles. The SMILES string of the molecule is COC(=O)NC(=O)[C@H](C)OC(=O)C1CCN(C(=O)c2ccccc2C)CC1. The minimum absolute atomic E-state index is 0.0502. The molecule has 3 amide bonds. The molecule has 1 saturated heterocycles. The minimum Gasteiger partial charge on any atom is -0.453 e. The van der Waals surface area contributed by atoms with E-state index in [1.165, 1.54) is 6.92 Å². The summed E-state index contributed by atoms with van der Waals surface area (Å²) in [4.78, 5) is 49.3. The first kappa shape index (κ1) is 20.4. The number of carbonyl (C=O) groups excluding carboxylic acids is 4. The van der Waals surface area contributed by atoms with Gasteiger partial charge in [0.2, 0.25) is 0 Å². The van der Waals surface area contributed by atoms with Crippen molar-refractivity contribution in [3.05, 3.63) is 35.4 Å². The fourth-order valence-corrected chi connectivity index (χ4v) is 2.88. The Balaban J connectivity index is 1.85. The van der Waals surface area contributed by atoms with Gasteiger partial charge in [-0.2, -0.15) is 0 Å². The zero-order chi connectivity index (χ0) is 20.0. The Morgan fingerprint density at radius 1 is 1.15 bits per heavy atom. The number of benzene rings is 1. The second-order valence-electron chi connectivity index (χ2n) is 6.44. The maximum Gasteiger partial charge on any atom is 0.413 e. The third-order valence-electron chi connectivity index (χ3n) is 4.56. The molecular formula is C19H24N2O6. The van der Waals surface area contributed by atoms with Crippen LogP contribution >= 0.6 is 0 Å². The van der Waals surface area contributed by atoms with Crippen molar-refractivity contribution < 1.29 is 28.7 Å². The monoisotopic (exact) mass is 376 g/mol. The Labute approximate surface area is 157 Å². The van der Waals surface area contributed by atoms with Gasteiger partial charge in [0.1, 0.15) is 0 Å². The molecule has 1 aromatic rings. The van der Waals surface area contributed by atoms with E-state index in [2.05, 4.69) is 4.74 Å². The lowest BCUT2D eigenvalue weighted by molar-refractivity contribution is -0.159. The fraction of sp³-hybridized carbons (Fsp3) is 0.474. The standard InChI is InChI=1S/C19H24N2O6/c1-12-6-4-5-7-15(12)17(23)21-10-8-14(9-11-21)18(24)27-13(2)16(22)20-19(25)26-3/h4-7,13-14H,8-11H2,1-3H3,(H,20,22,25)/t13-/m0/s1. The molecule has 27 heavy (non-hydrogen) atoms. The van der Waals surface area contributed by atoms with Crippen LogP contribution in [-0.2, 0) is 19.1 Å². The van der Waals surface area contributed by atoms with Gasteiger partial charge in [0.15, 0.2) is 6.10 Å². The first-order valence-electron chi connectivity index (χ1n) is 8.77. The first-order chi connectivity index (χ1) is 12.8. The number of ether oxygens (including phenoxy) is 2. The van der Waals surface area contributed by atoms with Crippen molar-refractivity contribution in [3.8, 4) is 0 Å². The fourth-order valence-electron chi connectivity index (χ4n) is 2.88. The smallest absolute Gasteiger partial charge is 0.413 e. The van der Waals surface area contributed by atoms with E-state index in [1.807, 2.05) is 30.4 Å². The highest BCUT2D eigenvalue weighted by Crippen LogP contribution is 2.22. The molecule has 0 unspecified atom stereocenters. The lowest BCUT2D eigenvalue weighted by Crippen LogP contribution is -2.43. The molecule has 0 saturated carbocycles. The molecule has 1 fully saturated rings. The molecule has 1 heterocycles. The molecule has 8 heteroatoms. The van der Waals surface area contributed by atoms with Crippen LogP contribution in [0.4, 0.5) is 4.79 Å². The lowest BCUT2D eigenvalue weighted by Gasteiger charge is -2.31. The molecule has 0 aliphatic carbocycles. The van der Waals surface area contributed by atoms with Gasteiger partial charge in [-0.3, -0.25) is 19.7 Å². The molecule has 0 spiro atoms. The molecule has 1 atom stereocenters. The molecule has 8 nitrogen and oxygen atoms in total. The number of alkyl carbamates (subject to hydrolysis) is 1. The normalized spacial score (nSPS) is 15.6. The van der Waals surface area contributed by atoms with E-state index in [4.69, 9.17) is 4.74 Å². The first-order valence-corrected chi connectivity index (χ1v) is 8.77. The molecule has 1 aliphatic rings. The van der Waals surface area contributed by atoms with Gasteiger partial charge in [-0.15, -0.1) is 0 Å². The highest BCUT2D eigenvalue weighted by molar-refractivity contribution is 5.96. The second kappa shape index (κ2) is 9.16. The van der Waals surface area contributed by atoms with Gasteiger partial charge in [0.25, 0.3) is 11.8 Å². The van der Waals surface area contributed by atoms with Crippen molar-refractivity contribution in [2.75, 3.05) is 20.2 Å². The number of carbonyl (C=O) groups is 4. The Hall–Kier alpha value is -2.90. The van der Waals surface area contributed by atoms with Crippen LogP contribution in [0, 0.1) is 12.8 Å². The van der Waals surface area contributed by atoms with Crippen LogP contribution in [0.3, 0.4) is 0 Å². The number of aryl methyl sites for hydroxylation is 1. The molecule has 2 rings (SSSR count). The Morgan fingerprint density at radius 2 is 1.78 bits per heavy atom. The van der Waals surface area contributed by atoms with Gasteiger partial charge in [-0.05, 0) is 38.3 Å². The number of likely N-dealkylation sites (tertiary alicyclic amines) is 1. The van der Waals surface area contributed by atoms with E-state index in [9.17, 15) is 19.2 Å².